The fourth-order valence-corrected chi connectivity index (χ4v) is 3.65. The van der Waals surface area contributed by atoms with E-state index >= 15 is 0 Å². The molecular formula is C25H36N4O2. The number of nitrogens with one attached hydrogen (secondary N) is 1. The van der Waals surface area contributed by atoms with Gasteiger partial charge in [-0.1, -0.05) is 42.5 Å². The molecule has 1 fully saturated rings. The first kappa shape index (κ1) is 23.1. The fourth-order valence-electron chi connectivity index (χ4n) is 3.65. The lowest BCUT2D eigenvalue weighted by Crippen LogP contribution is -2.38. The molecule has 1 heterocycles. The van der Waals surface area contributed by atoms with Gasteiger partial charge in [-0.3, -0.25) is 4.90 Å². The second-order valence-corrected chi connectivity index (χ2v) is 8.19. The van der Waals surface area contributed by atoms with Crippen LogP contribution >= 0.6 is 0 Å². The summed E-state index contributed by atoms with van der Waals surface area (Å²) in [6.07, 6.45) is 2.22. The maximum absolute atomic E-state index is 6.02. The number of hydrogen-bond donors (Lipinski definition) is 1. The van der Waals surface area contributed by atoms with Gasteiger partial charge in [-0.2, -0.15) is 0 Å². The topological polar surface area (TPSA) is 49.3 Å². The zero-order valence-corrected chi connectivity index (χ0v) is 19.1. The van der Waals surface area contributed by atoms with Crippen molar-refractivity contribution in [3.8, 4) is 5.75 Å². The summed E-state index contributed by atoms with van der Waals surface area (Å²) in [7, 11) is 6.19. The Hall–Kier alpha value is -2.57. The molecule has 1 saturated heterocycles. The van der Waals surface area contributed by atoms with Crippen LogP contribution in [0.25, 0.3) is 0 Å². The molecule has 6 nitrogen and oxygen atoms in total. The monoisotopic (exact) mass is 424 g/mol. The number of nitrogens with zero attached hydrogens (tertiary/aromatic N) is 3. The van der Waals surface area contributed by atoms with E-state index in [0.717, 1.165) is 56.4 Å². The fraction of sp³-hybridized carbons (Fsp3) is 0.480. The first-order valence-electron chi connectivity index (χ1n) is 11.1. The van der Waals surface area contributed by atoms with Gasteiger partial charge in [-0.25, -0.2) is 4.99 Å². The van der Waals surface area contributed by atoms with Crippen LogP contribution in [0.4, 0.5) is 0 Å². The lowest BCUT2D eigenvalue weighted by atomic mass is 10.1. The molecule has 1 aliphatic heterocycles. The normalized spacial score (nSPS) is 15.2. The second-order valence-electron chi connectivity index (χ2n) is 8.19. The zero-order chi connectivity index (χ0) is 21.9. The molecule has 0 amide bonds. The first-order chi connectivity index (χ1) is 15.1. The summed E-state index contributed by atoms with van der Waals surface area (Å²) in [5.74, 6) is 1.77. The Bertz CT molecular complexity index is 804. The SMILES string of the molecule is CN(C)C(=NCc1cccc(OCCN(C)C2CCOCC2)c1)NCc1ccccc1. The highest BCUT2D eigenvalue weighted by Gasteiger charge is 2.17. The third-order valence-electron chi connectivity index (χ3n) is 5.55. The van der Waals surface area contributed by atoms with Crippen LogP contribution in [0.1, 0.15) is 24.0 Å². The van der Waals surface area contributed by atoms with Crippen LogP contribution < -0.4 is 10.1 Å². The molecule has 0 atom stereocenters. The molecule has 0 unspecified atom stereocenters. The quantitative estimate of drug-likeness (QED) is 0.494. The molecule has 0 aliphatic carbocycles. The van der Waals surface area contributed by atoms with Crippen molar-refractivity contribution in [3.05, 3.63) is 65.7 Å². The standard InChI is InChI=1S/C25H36N4O2/c1-28(2)25(26-19-21-8-5-4-6-9-21)27-20-22-10-7-11-24(18-22)31-17-14-29(3)23-12-15-30-16-13-23/h4-11,18,23H,12-17,19-20H2,1-3H3,(H,26,27). The molecule has 2 aromatic carbocycles. The highest BCUT2D eigenvalue weighted by atomic mass is 16.5. The Kier molecular flexibility index (Phi) is 9.18. The Labute approximate surface area is 186 Å². The lowest BCUT2D eigenvalue weighted by molar-refractivity contribution is 0.0392. The van der Waals surface area contributed by atoms with E-state index in [2.05, 4.69) is 53.7 Å². The van der Waals surface area contributed by atoms with Gasteiger partial charge >= 0.3 is 0 Å². The lowest BCUT2D eigenvalue weighted by Gasteiger charge is -2.31. The van der Waals surface area contributed by atoms with E-state index in [1.807, 2.05) is 37.2 Å². The number of rotatable bonds is 9. The van der Waals surface area contributed by atoms with Crippen molar-refractivity contribution < 1.29 is 9.47 Å². The van der Waals surface area contributed by atoms with Crippen molar-refractivity contribution in [1.29, 1.82) is 0 Å². The van der Waals surface area contributed by atoms with Gasteiger partial charge in [-0.05, 0) is 43.1 Å². The third-order valence-corrected chi connectivity index (χ3v) is 5.55. The Morgan fingerprint density at radius 2 is 1.77 bits per heavy atom. The number of guanidine groups is 1. The Morgan fingerprint density at radius 3 is 2.52 bits per heavy atom. The van der Waals surface area contributed by atoms with Crippen molar-refractivity contribution in [2.24, 2.45) is 4.99 Å². The van der Waals surface area contributed by atoms with Gasteiger partial charge in [0, 0.05) is 46.4 Å². The Balaban J connectivity index is 1.48. The molecule has 0 saturated carbocycles. The minimum atomic E-state index is 0.603. The molecule has 3 rings (SSSR count). The van der Waals surface area contributed by atoms with Crippen molar-refractivity contribution in [1.82, 2.24) is 15.1 Å². The van der Waals surface area contributed by atoms with Crippen molar-refractivity contribution in [3.63, 3.8) is 0 Å². The summed E-state index contributed by atoms with van der Waals surface area (Å²) in [5.41, 5.74) is 2.37. The van der Waals surface area contributed by atoms with E-state index in [1.54, 1.807) is 0 Å². The average molecular weight is 425 g/mol. The predicted octanol–water partition coefficient (Wildman–Crippen LogP) is 3.38. The summed E-state index contributed by atoms with van der Waals surface area (Å²) in [6, 6.07) is 19.2. The Morgan fingerprint density at radius 1 is 1.03 bits per heavy atom. The summed E-state index contributed by atoms with van der Waals surface area (Å²) in [5, 5.41) is 3.43. The molecule has 0 spiro atoms. The van der Waals surface area contributed by atoms with Gasteiger partial charge in [0.1, 0.15) is 12.4 Å². The molecule has 1 aliphatic rings. The minimum Gasteiger partial charge on any atom is -0.492 e. The van der Waals surface area contributed by atoms with E-state index in [4.69, 9.17) is 14.5 Å². The van der Waals surface area contributed by atoms with Crippen LogP contribution in [0.15, 0.2) is 59.6 Å². The summed E-state index contributed by atoms with van der Waals surface area (Å²) in [4.78, 5) is 9.17. The molecule has 168 valence electrons. The van der Waals surface area contributed by atoms with Crippen LogP contribution in [0.2, 0.25) is 0 Å². The first-order valence-corrected chi connectivity index (χ1v) is 11.1. The number of hydrogen-bond acceptors (Lipinski definition) is 4. The van der Waals surface area contributed by atoms with E-state index in [1.165, 1.54) is 5.56 Å². The van der Waals surface area contributed by atoms with Gasteiger partial charge in [0.25, 0.3) is 0 Å². The molecule has 1 N–H and O–H groups in total. The van der Waals surface area contributed by atoms with E-state index in [9.17, 15) is 0 Å². The second kappa shape index (κ2) is 12.3. The molecule has 31 heavy (non-hydrogen) atoms. The van der Waals surface area contributed by atoms with Crippen molar-refractivity contribution in [2.75, 3.05) is 47.5 Å². The van der Waals surface area contributed by atoms with Crippen LogP contribution in [-0.4, -0.2) is 69.3 Å². The molecule has 0 radical (unpaired) electrons. The van der Waals surface area contributed by atoms with Crippen molar-refractivity contribution in [2.45, 2.75) is 32.0 Å². The largest absolute Gasteiger partial charge is 0.492 e. The van der Waals surface area contributed by atoms with E-state index in [0.29, 0.717) is 19.2 Å². The molecule has 0 bridgehead atoms. The number of ether oxygens (including phenoxy) is 2. The molecule has 6 heteroatoms. The van der Waals surface area contributed by atoms with Gasteiger partial charge in [0.2, 0.25) is 0 Å². The van der Waals surface area contributed by atoms with Crippen LogP contribution in [0.3, 0.4) is 0 Å². The summed E-state index contributed by atoms with van der Waals surface area (Å²) in [6.45, 7) is 4.70. The van der Waals surface area contributed by atoms with Gasteiger partial charge in [0.15, 0.2) is 5.96 Å². The zero-order valence-electron chi connectivity index (χ0n) is 19.1. The number of benzene rings is 2. The maximum Gasteiger partial charge on any atom is 0.194 e. The third kappa shape index (κ3) is 7.89. The molecule has 2 aromatic rings. The van der Waals surface area contributed by atoms with Crippen LogP contribution in [0.5, 0.6) is 5.75 Å². The smallest absolute Gasteiger partial charge is 0.194 e. The highest BCUT2D eigenvalue weighted by Crippen LogP contribution is 2.16. The minimum absolute atomic E-state index is 0.603. The highest BCUT2D eigenvalue weighted by molar-refractivity contribution is 5.79. The number of aliphatic imine (C=N–C) groups is 1. The van der Waals surface area contributed by atoms with Crippen LogP contribution in [0, 0.1) is 0 Å². The molecule has 0 aromatic heterocycles. The summed E-state index contributed by atoms with van der Waals surface area (Å²) < 4.78 is 11.5. The van der Waals surface area contributed by atoms with Crippen LogP contribution in [-0.2, 0) is 17.8 Å². The number of likely N-dealkylation sites (N-methyl/N-ethyl adjacent to an activating group) is 1. The summed E-state index contributed by atoms with van der Waals surface area (Å²) >= 11 is 0. The van der Waals surface area contributed by atoms with E-state index in [-0.39, 0.29) is 0 Å². The average Bonchev–Trinajstić information content (AvgIpc) is 2.80. The van der Waals surface area contributed by atoms with Crippen molar-refractivity contribution >= 4 is 5.96 Å². The maximum atomic E-state index is 6.02. The predicted molar refractivity (Wildman–Crippen MR) is 127 cm³/mol. The van der Waals surface area contributed by atoms with Gasteiger partial charge in [0.05, 0.1) is 6.54 Å². The van der Waals surface area contributed by atoms with Gasteiger partial charge in [-0.15, -0.1) is 0 Å². The molecular weight excluding hydrogens is 388 g/mol. The van der Waals surface area contributed by atoms with Gasteiger partial charge < -0.3 is 19.7 Å². The van der Waals surface area contributed by atoms with E-state index < -0.39 is 0 Å².